The molecule has 0 spiro atoms. The van der Waals surface area contributed by atoms with Gasteiger partial charge < -0.3 is 10.8 Å². The monoisotopic (exact) mass is 214 g/mol. The van der Waals surface area contributed by atoms with Gasteiger partial charge in [0, 0.05) is 13.0 Å². The second-order valence-corrected chi connectivity index (χ2v) is 3.55. The summed E-state index contributed by atoms with van der Waals surface area (Å²) in [7, 11) is 0. The molecule has 2 amide bonds. The van der Waals surface area contributed by atoms with Crippen LogP contribution < -0.4 is 5.73 Å². The number of hydrogen-bond acceptors (Lipinski definition) is 4. The van der Waals surface area contributed by atoms with Gasteiger partial charge in [-0.2, -0.15) is 0 Å². The summed E-state index contributed by atoms with van der Waals surface area (Å²) in [4.78, 5) is 34.3. The average molecular weight is 214 g/mol. The molecule has 1 aliphatic rings. The Morgan fingerprint density at radius 3 is 2.67 bits per heavy atom. The average Bonchev–Trinajstić information content (AvgIpc) is 2.18. The zero-order valence-electron chi connectivity index (χ0n) is 8.31. The van der Waals surface area contributed by atoms with E-state index in [2.05, 4.69) is 0 Å². The number of aliphatic carboxylic acids is 1. The van der Waals surface area contributed by atoms with Gasteiger partial charge in [0.15, 0.2) is 0 Å². The number of nitrogens with two attached hydrogens (primary N) is 1. The predicted octanol–water partition coefficient (Wildman–Crippen LogP) is -0.673. The maximum Gasteiger partial charge on any atom is 0.321 e. The van der Waals surface area contributed by atoms with Crippen molar-refractivity contribution in [2.24, 2.45) is 5.73 Å². The predicted molar refractivity (Wildman–Crippen MR) is 50.8 cm³/mol. The molecule has 0 aliphatic carbocycles. The van der Waals surface area contributed by atoms with Crippen LogP contribution in [-0.4, -0.2) is 40.4 Å². The van der Waals surface area contributed by atoms with E-state index in [0.29, 0.717) is 13.0 Å². The van der Waals surface area contributed by atoms with Crippen molar-refractivity contribution in [3.63, 3.8) is 0 Å². The van der Waals surface area contributed by atoms with Crippen molar-refractivity contribution in [3.05, 3.63) is 0 Å². The highest BCUT2D eigenvalue weighted by Gasteiger charge is 2.27. The summed E-state index contributed by atoms with van der Waals surface area (Å²) >= 11 is 0. The molecule has 1 fully saturated rings. The number of nitrogens with zero attached hydrogens (tertiary/aromatic N) is 1. The molecular weight excluding hydrogens is 200 g/mol. The molecule has 1 heterocycles. The van der Waals surface area contributed by atoms with Crippen molar-refractivity contribution < 1.29 is 19.5 Å². The lowest BCUT2D eigenvalue weighted by Crippen LogP contribution is -2.44. The highest BCUT2D eigenvalue weighted by molar-refractivity contribution is 5.97. The minimum atomic E-state index is -1.23. The third-order valence-corrected chi connectivity index (χ3v) is 2.34. The number of carboxylic acids is 1. The van der Waals surface area contributed by atoms with Crippen LogP contribution in [0.4, 0.5) is 0 Å². The number of amides is 2. The van der Waals surface area contributed by atoms with Crippen LogP contribution in [0, 0.1) is 0 Å². The van der Waals surface area contributed by atoms with E-state index >= 15 is 0 Å². The number of likely N-dealkylation sites (tertiary alicyclic amines) is 1. The summed E-state index contributed by atoms with van der Waals surface area (Å²) in [6.07, 6.45) is 1.60. The Bertz CT molecular complexity index is 290. The first-order valence-corrected chi connectivity index (χ1v) is 4.84. The molecule has 6 nitrogen and oxygen atoms in total. The molecule has 1 aliphatic heterocycles. The highest BCUT2D eigenvalue weighted by atomic mass is 16.4. The molecule has 1 rings (SSSR count). The van der Waals surface area contributed by atoms with Crippen LogP contribution >= 0.6 is 0 Å². The summed E-state index contributed by atoms with van der Waals surface area (Å²) in [5.74, 6) is -1.95. The van der Waals surface area contributed by atoms with Crippen LogP contribution in [0.3, 0.4) is 0 Å². The third kappa shape index (κ3) is 3.02. The van der Waals surface area contributed by atoms with E-state index in [4.69, 9.17) is 10.8 Å². The minimum absolute atomic E-state index is 0.233. The lowest BCUT2D eigenvalue weighted by molar-refractivity contribution is -0.149. The first-order chi connectivity index (χ1) is 7.02. The molecule has 15 heavy (non-hydrogen) atoms. The maximum atomic E-state index is 11.5. The van der Waals surface area contributed by atoms with Gasteiger partial charge in [-0.1, -0.05) is 0 Å². The van der Waals surface area contributed by atoms with E-state index in [0.717, 1.165) is 17.7 Å². The van der Waals surface area contributed by atoms with Crippen LogP contribution in [0.15, 0.2) is 0 Å². The van der Waals surface area contributed by atoms with Gasteiger partial charge in [0.25, 0.3) is 0 Å². The number of carbonyl (C=O) groups excluding carboxylic acids is 2. The number of hydrogen-bond donors (Lipinski definition) is 2. The fourth-order valence-electron chi connectivity index (χ4n) is 1.46. The SMILES string of the molecule is N[C@@H](CC(=O)N1CCCCC1=O)C(=O)O. The molecule has 84 valence electrons. The van der Waals surface area contributed by atoms with E-state index < -0.39 is 17.9 Å². The van der Waals surface area contributed by atoms with Gasteiger partial charge in [-0.05, 0) is 12.8 Å². The smallest absolute Gasteiger partial charge is 0.321 e. The van der Waals surface area contributed by atoms with Crippen molar-refractivity contribution >= 4 is 17.8 Å². The maximum absolute atomic E-state index is 11.5. The number of carbonyl (C=O) groups is 3. The Balaban J connectivity index is 2.52. The third-order valence-electron chi connectivity index (χ3n) is 2.34. The van der Waals surface area contributed by atoms with E-state index in [1.807, 2.05) is 0 Å². The number of imide groups is 1. The zero-order valence-corrected chi connectivity index (χ0v) is 8.31. The second kappa shape index (κ2) is 4.88. The van der Waals surface area contributed by atoms with Crippen LogP contribution in [0.25, 0.3) is 0 Å². The van der Waals surface area contributed by atoms with Gasteiger partial charge in [0.1, 0.15) is 6.04 Å². The Kier molecular flexibility index (Phi) is 3.79. The summed E-state index contributed by atoms with van der Waals surface area (Å²) in [5.41, 5.74) is 5.21. The van der Waals surface area contributed by atoms with Gasteiger partial charge in [-0.25, -0.2) is 0 Å². The first-order valence-electron chi connectivity index (χ1n) is 4.84. The molecule has 0 aromatic rings. The largest absolute Gasteiger partial charge is 0.480 e. The lowest BCUT2D eigenvalue weighted by Gasteiger charge is -2.25. The summed E-state index contributed by atoms with van der Waals surface area (Å²) in [5, 5.41) is 8.51. The molecular formula is C9H14N2O4. The Morgan fingerprint density at radius 1 is 1.47 bits per heavy atom. The van der Waals surface area contributed by atoms with Gasteiger partial charge in [0.05, 0.1) is 6.42 Å². The van der Waals surface area contributed by atoms with Crippen molar-refractivity contribution in [1.29, 1.82) is 0 Å². The van der Waals surface area contributed by atoms with Crippen molar-refractivity contribution in [2.45, 2.75) is 31.7 Å². The van der Waals surface area contributed by atoms with Crippen LogP contribution in [0.2, 0.25) is 0 Å². The number of piperidine rings is 1. The van der Waals surface area contributed by atoms with Crippen molar-refractivity contribution in [1.82, 2.24) is 4.90 Å². The van der Waals surface area contributed by atoms with E-state index in [1.165, 1.54) is 0 Å². The van der Waals surface area contributed by atoms with Gasteiger partial charge in [-0.3, -0.25) is 19.3 Å². The Morgan fingerprint density at radius 2 is 2.13 bits per heavy atom. The fraction of sp³-hybridized carbons (Fsp3) is 0.667. The van der Waals surface area contributed by atoms with E-state index in [1.54, 1.807) is 0 Å². The zero-order chi connectivity index (χ0) is 11.4. The molecule has 0 bridgehead atoms. The highest BCUT2D eigenvalue weighted by Crippen LogP contribution is 2.12. The van der Waals surface area contributed by atoms with Crippen LogP contribution in [-0.2, 0) is 14.4 Å². The minimum Gasteiger partial charge on any atom is -0.480 e. The van der Waals surface area contributed by atoms with Crippen molar-refractivity contribution in [2.75, 3.05) is 6.54 Å². The van der Waals surface area contributed by atoms with Gasteiger partial charge >= 0.3 is 5.97 Å². The van der Waals surface area contributed by atoms with Crippen LogP contribution in [0.1, 0.15) is 25.7 Å². The van der Waals surface area contributed by atoms with Gasteiger partial charge in [-0.15, -0.1) is 0 Å². The fourth-order valence-corrected chi connectivity index (χ4v) is 1.46. The van der Waals surface area contributed by atoms with Gasteiger partial charge in [0.2, 0.25) is 11.8 Å². The Hall–Kier alpha value is -1.43. The molecule has 1 atom stereocenters. The number of rotatable bonds is 3. The van der Waals surface area contributed by atoms with E-state index in [-0.39, 0.29) is 12.3 Å². The molecule has 0 saturated carbocycles. The molecule has 0 unspecified atom stereocenters. The molecule has 6 heteroatoms. The molecule has 0 aromatic carbocycles. The summed E-state index contributed by atoms with van der Waals surface area (Å²) < 4.78 is 0. The standard InChI is InChI=1S/C9H14N2O4/c10-6(9(14)15)5-8(13)11-4-2-1-3-7(11)12/h6H,1-5,10H2,(H,14,15)/t6-/m0/s1. The number of carboxylic acid groups (broad SMARTS) is 1. The summed E-state index contributed by atoms with van der Waals surface area (Å²) in [6, 6.07) is -1.23. The molecule has 1 saturated heterocycles. The lowest BCUT2D eigenvalue weighted by atomic mass is 10.1. The van der Waals surface area contributed by atoms with Crippen molar-refractivity contribution in [3.8, 4) is 0 Å². The van der Waals surface area contributed by atoms with Crippen LogP contribution in [0.5, 0.6) is 0 Å². The van der Waals surface area contributed by atoms with E-state index in [9.17, 15) is 14.4 Å². The quantitative estimate of drug-likeness (QED) is 0.648. The molecule has 0 aromatic heterocycles. The topological polar surface area (TPSA) is 101 Å². The Labute approximate surface area is 87.0 Å². The normalized spacial score (nSPS) is 18.7. The molecule has 3 N–H and O–H groups in total. The first kappa shape index (κ1) is 11.6. The second-order valence-electron chi connectivity index (χ2n) is 3.55. The molecule has 0 radical (unpaired) electrons. The summed E-state index contributed by atoms with van der Waals surface area (Å²) in [6.45, 7) is 0.379.